The first-order valence-corrected chi connectivity index (χ1v) is 8.05. The Morgan fingerprint density at radius 1 is 1.35 bits per heavy atom. The molecule has 96 valence electrons. The summed E-state index contributed by atoms with van der Waals surface area (Å²) in [5.41, 5.74) is 2.09. The highest BCUT2D eigenvalue weighted by molar-refractivity contribution is 9.10. The van der Waals surface area contributed by atoms with E-state index in [1.807, 2.05) is 25.1 Å². The fourth-order valence-electron chi connectivity index (χ4n) is 1.33. The molecule has 0 radical (unpaired) electrons. The molecule has 1 aromatic carbocycles. The van der Waals surface area contributed by atoms with Crippen LogP contribution in [-0.2, 0) is 9.84 Å². The third-order valence-electron chi connectivity index (χ3n) is 2.54. The highest BCUT2D eigenvalue weighted by Crippen LogP contribution is 2.23. The normalized spacial score (nSPS) is 11.8. The van der Waals surface area contributed by atoms with Crippen LogP contribution in [0, 0.1) is 6.92 Å². The number of halogens is 1. The Morgan fingerprint density at radius 2 is 2.00 bits per heavy atom. The van der Waals surface area contributed by atoms with Crippen molar-refractivity contribution in [3.05, 3.63) is 28.2 Å². The molecule has 0 amide bonds. The van der Waals surface area contributed by atoms with Gasteiger partial charge in [-0.05, 0) is 54.4 Å². The van der Waals surface area contributed by atoms with Crippen LogP contribution in [0.4, 0.5) is 5.69 Å². The van der Waals surface area contributed by atoms with E-state index in [1.54, 1.807) is 13.8 Å². The van der Waals surface area contributed by atoms with Crippen LogP contribution in [0.3, 0.4) is 0 Å². The van der Waals surface area contributed by atoms with Crippen LogP contribution >= 0.6 is 15.9 Å². The Balaban J connectivity index is 2.58. The van der Waals surface area contributed by atoms with E-state index in [2.05, 4.69) is 21.2 Å². The van der Waals surface area contributed by atoms with E-state index in [-0.39, 0.29) is 11.0 Å². The van der Waals surface area contributed by atoms with Crippen molar-refractivity contribution in [1.29, 1.82) is 0 Å². The van der Waals surface area contributed by atoms with E-state index < -0.39 is 9.84 Å². The van der Waals surface area contributed by atoms with Gasteiger partial charge in [0.15, 0.2) is 9.84 Å². The van der Waals surface area contributed by atoms with Crippen molar-refractivity contribution in [2.75, 3.05) is 17.6 Å². The van der Waals surface area contributed by atoms with Gasteiger partial charge >= 0.3 is 0 Å². The topological polar surface area (TPSA) is 46.2 Å². The Morgan fingerprint density at radius 3 is 2.53 bits per heavy atom. The molecule has 0 saturated carbocycles. The Labute approximate surface area is 112 Å². The summed E-state index contributed by atoms with van der Waals surface area (Å²) in [6.45, 7) is 5.86. The minimum atomic E-state index is -2.97. The average molecular weight is 320 g/mol. The molecule has 1 aromatic rings. The molecule has 0 aromatic heterocycles. The molecule has 5 heteroatoms. The minimum absolute atomic E-state index is 0.158. The van der Waals surface area contributed by atoms with Crippen molar-refractivity contribution in [2.45, 2.75) is 26.0 Å². The number of benzene rings is 1. The SMILES string of the molecule is Cc1ccc(NCCS(=O)(=O)C(C)C)c(Br)c1. The van der Waals surface area contributed by atoms with Crippen LogP contribution in [-0.4, -0.2) is 26.0 Å². The molecule has 0 saturated heterocycles. The van der Waals surface area contributed by atoms with Crippen LogP contribution in [0.15, 0.2) is 22.7 Å². The molecule has 17 heavy (non-hydrogen) atoms. The van der Waals surface area contributed by atoms with E-state index in [0.717, 1.165) is 15.7 Å². The second kappa shape index (κ2) is 5.87. The fraction of sp³-hybridized carbons (Fsp3) is 0.500. The van der Waals surface area contributed by atoms with Gasteiger partial charge in [0.05, 0.1) is 11.0 Å². The standard InChI is InChI=1S/C12H18BrNO2S/c1-9(2)17(15,16)7-6-14-12-5-4-10(3)8-11(12)13/h4-5,8-9,14H,6-7H2,1-3H3. The summed E-state index contributed by atoms with van der Waals surface area (Å²) in [7, 11) is -2.97. The zero-order valence-electron chi connectivity index (χ0n) is 10.3. The van der Waals surface area contributed by atoms with Gasteiger partial charge in [0, 0.05) is 16.7 Å². The molecule has 1 N–H and O–H groups in total. The summed E-state index contributed by atoms with van der Waals surface area (Å²) >= 11 is 3.44. The molecule has 0 aliphatic carbocycles. The maximum Gasteiger partial charge on any atom is 0.154 e. The van der Waals surface area contributed by atoms with Crippen molar-refractivity contribution in [2.24, 2.45) is 0 Å². The Hall–Kier alpha value is -0.550. The average Bonchev–Trinajstić information content (AvgIpc) is 2.21. The molecule has 0 spiro atoms. The lowest BCUT2D eigenvalue weighted by Gasteiger charge is -2.11. The summed E-state index contributed by atoms with van der Waals surface area (Å²) in [6, 6.07) is 5.94. The van der Waals surface area contributed by atoms with Crippen molar-refractivity contribution in [3.63, 3.8) is 0 Å². The van der Waals surface area contributed by atoms with Crippen LogP contribution < -0.4 is 5.32 Å². The zero-order chi connectivity index (χ0) is 13.1. The molecule has 0 unspecified atom stereocenters. The van der Waals surface area contributed by atoms with E-state index in [9.17, 15) is 8.42 Å². The van der Waals surface area contributed by atoms with Crippen molar-refractivity contribution >= 4 is 31.5 Å². The van der Waals surface area contributed by atoms with Crippen molar-refractivity contribution in [1.82, 2.24) is 0 Å². The molecule has 0 bridgehead atoms. The number of sulfone groups is 1. The molecule has 0 aliphatic heterocycles. The lowest BCUT2D eigenvalue weighted by atomic mass is 10.2. The van der Waals surface area contributed by atoms with Gasteiger partial charge in [0.1, 0.15) is 0 Å². The highest BCUT2D eigenvalue weighted by atomic mass is 79.9. The summed E-state index contributed by atoms with van der Waals surface area (Å²) in [6.07, 6.45) is 0. The number of hydrogen-bond acceptors (Lipinski definition) is 3. The Bertz CT molecular complexity index is 483. The first-order valence-electron chi connectivity index (χ1n) is 5.54. The summed E-state index contributed by atoms with van der Waals surface area (Å²) in [4.78, 5) is 0. The molecular weight excluding hydrogens is 302 g/mol. The van der Waals surface area contributed by atoms with Gasteiger partial charge in [-0.25, -0.2) is 8.42 Å². The van der Waals surface area contributed by atoms with E-state index in [4.69, 9.17) is 0 Å². The number of anilines is 1. The predicted molar refractivity (Wildman–Crippen MR) is 76.3 cm³/mol. The number of aryl methyl sites for hydroxylation is 1. The van der Waals surface area contributed by atoms with Gasteiger partial charge in [-0.2, -0.15) is 0 Å². The zero-order valence-corrected chi connectivity index (χ0v) is 12.7. The van der Waals surface area contributed by atoms with Crippen LogP contribution in [0.5, 0.6) is 0 Å². The van der Waals surface area contributed by atoms with E-state index in [0.29, 0.717) is 6.54 Å². The van der Waals surface area contributed by atoms with Crippen LogP contribution in [0.2, 0.25) is 0 Å². The van der Waals surface area contributed by atoms with Gasteiger partial charge in [-0.3, -0.25) is 0 Å². The van der Waals surface area contributed by atoms with Crippen molar-refractivity contribution < 1.29 is 8.42 Å². The molecule has 0 fully saturated rings. The lowest BCUT2D eigenvalue weighted by molar-refractivity contribution is 0.588. The smallest absolute Gasteiger partial charge is 0.154 e. The van der Waals surface area contributed by atoms with Gasteiger partial charge in [-0.1, -0.05) is 6.07 Å². The Kier molecular flexibility index (Phi) is 5.01. The molecule has 0 atom stereocenters. The summed E-state index contributed by atoms with van der Waals surface area (Å²) in [5.74, 6) is 0.158. The van der Waals surface area contributed by atoms with E-state index >= 15 is 0 Å². The van der Waals surface area contributed by atoms with Gasteiger partial charge < -0.3 is 5.32 Å². The number of hydrogen-bond donors (Lipinski definition) is 1. The molecule has 1 rings (SSSR count). The number of rotatable bonds is 5. The first kappa shape index (κ1) is 14.5. The quantitative estimate of drug-likeness (QED) is 0.907. The maximum atomic E-state index is 11.6. The van der Waals surface area contributed by atoms with E-state index in [1.165, 1.54) is 0 Å². The third kappa shape index (κ3) is 4.32. The maximum absolute atomic E-state index is 11.6. The minimum Gasteiger partial charge on any atom is -0.383 e. The second-order valence-electron chi connectivity index (χ2n) is 4.33. The number of nitrogens with one attached hydrogen (secondary N) is 1. The molecule has 0 aliphatic rings. The molecule has 0 heterocycles. The first-order chi connectivity index (χ1) is 7.83. The third-order valence-corrected chi connectivity index (χ3v) is 5.41. The van der Waals surface area contributed by atoms with Gasteiger partial charge in [-0.15, -0.1) is 0 Å². The molecule has 3 nitrogen and oxygen atoms in total. The second-order valence-corrected chi connectivity index (χ2v) is 7.86. The lowest BCUT2D eigenvalue weighted by Crippen LogP contribution is -2.23. The van der Waals surface area contributed by atoms with Gasteiger partial charge in [0.2, 0.25) is 0 Å². The predicted octanol–water partition coefficient (Wildman–Crippen LogP) is 2.99. The van der Waals surface area contributed by atoms with Crippen LogP contribution in [0.1, 0.15) is 19.4 Å². The monoisotopic (exact) mass is 319 g/mol. The summed E-state index contributed by atoms with van der Waals surface area (Å²) < 4.78 is 24.2. The van der Waals surface area contributed by atoms with Gasteiger partial charge in [0.25, 0.3) is 0 Å². The van der Waals surface area contributed by atoms with Crippen molar-refractivity contribution in [3.8, 4) is 0 Å². The largest absolute Gasteiger partial charge is 0.383 e. The highest BCUT2D eigenvalue weighted by Gasteiger charge is 2.15. The summed E-state index contributed by atoms with van der Waals surface area (Å²) in [5, 5.41) is 2.81. The fourth-order valence-corrected chi connectivity index (χ4v) is 2.82. The van der Waals surface area contributed by atoms with Crippen LogP contribution in [0.25, 0.3) is 0 Å². The molecular formula is C12H18BrNO2S.